The van der Waals surface area contributed by atoms with Crippen LogP contribution in [0.4, 0.5) is 0 Å². The number of rotatable bonds is 9. The standard InChI is InChI=1S/C51H41BN4/c1-36-30-37(2)51(38(3)31-36)52(43-24-16-22-41(32-43)47-34-49(39-18-8-4-9-19-39)55(53-47)45-26-12-6-13-27-45)44-25-17-23-42(33-44)48-35-50(40-20-10-5-11-21-40)56(54-48)46-28-14-7-15-29-46/h4-35H,1-3H3. The summed E-state index contributed by atoms with van der Waals surface area (Å²) in [5, 5.41) is 10.5. The Morgan fingerprint density at radius 1 is 0.375 bits per heavy atom. The van der Waals surface area contributed by atoms with Crippen LogP contribution in [0.1, 0.15) is 16.7 Å². The summed E-state index contributed by atoms with van der Waals surface area (Å²) in [6.07, 6.45) is 0. The van der Waals surface area contributed by atoms with E-state index in [0.29, 0.717) is 0 Å². The maximum atomic E-state index is 5.24. The molecule has 5 heteroatoms. The summed E-state index contributed by atoms with van der Waals surface area (Å²) in [6.45, 7) is 6.65. The second-order valence-corrected chi connectivity index (χ2v) is 14.6. The number of benzene rings is 7. The van der Waals surface area contributed by atoms with Crippen molar-refractivity contribution in [2.75, 3.05) is 0 Å². The van der Waals surface area contributed by atoms with E-state index in [-0.39, 0.29) is 6.71 Å². The van der Waals surface area contributed by atoms with E-state index in [0.717, 1.165) is 56.4 Å². The van der Waals surface area contributed by atoms with Gasteiger partial charge in [0.1, 0.15) is 0 Å². The molecule has 0 saturated carbocycles. The van der Waals surface area contributed by atoms with Gasteiger partial charge < -0.3 is 0 Å². The smallest absolute Gasteiger partial charge is 0.232 e. The van der Waals surface area contributed by atoms with Crippen LogP contribution in [-0.2, 0) is 0 Å². The molecule has 9 aromatic rings. The van der Waals surface area contributed by atoms with Crippen LogP contribution < -0.4 is 16.4 Å². The Kier molecular flexibility index (Phi) is 9.34. The molecule has 0 bridgehead atoms. The number of aromatic nitrogens is 4. The number of aryl methyl sites for hydroxylation is 3. The lowest BCUT2D eigenvalue weighted by molar-refractivity contribution is 0.892. The molecule has 0 spiro atoms. The zero-order chi connectivity index (χ0) is 38.0. The van der Waals surface area contributed by atoms with Crippen LogP contribution in [0.5, 0.6) is 0 Å². The molecule has 4 nitrogen and oxygen atoms in total. The van der Waals surface area contributed by atoms with Crippen molar-refractivity contribution in [2.24, 2.45) is 0 Å². The summed E-state index contributed by atoms with van der Waals surface area (Å²) in [6, 6.07) is 68.8. The van der Waals surface area contributed by atoms with Crippen LogP contribution in [0.2, 0.25) is 0 Å². The van der Waals surface area contributed by atoms with Crippen molar-refractivity contribution in [3.05, 3.63) is 211 Å². The van der Waals surface area contributed by atoms with Gasteiger partial charge in [-0.2, -0.15) is 10.2 Å². The molecule has 268 valence electrons. The van der Waals surface area contributed by atoms with Gasteiger partial charge in [-0.05, 0) is 57.2 Å². The van der Waals surface area contributed by atoms with E-state index in [1.807, 2.05) is 12.1 Å². The highest BCUT2D eigenvalue weighted by Crippen LogP contribution is 2.30. The van der Waals surface area contributed by atoms with Gasteiger partial charge in [0.25, 0.3) is 0 Å². The van der Waals surface area contributed by atoms with Crippen molar-refractivity contribution in [2.45, 2.75) is 20.8 Å². The van der Waals surface area contributed by atoms with Gasteiger partial charge in [-0.25, -0.2) is 9.36 Å². The van der Waals surface area contributed by atoms with E-state index in [9.17, 15) is 0 Å². The molecule has 0 saturated heterocycles. The Morgan fingerprint density at radius 3 is 1.16 bits per heavy atom. The Hall–Kier alpha value is -6.98. The molecule has 0 atom stereocenters. The molecule has 0 N–H and O–H groups in total. The van der Waals surface area contributed by atoms with Gasteiger partial charge in [-0.3, -0.25) is 0 Å². The van der Waals surface area contributed by atoms with Crippen molar-refractivity contribution >= 4 is 23.1 Å². The second-order valence-electron chi connectivity index (χ2n) is 14.6. The van der Waals surface area contributed by atoms with E-state index < -0.39 is 0 Å². The molecule has 9 rings (SSSR count). The first kappa shape index (κ1) is 34.8. The molecule has 0 fully saturated rings. The lowest BCUT2D eigenvalue weighted by Crippen LogP contribution is -2.54. The Bertz CT molecular complexity index is 2470. The van der Waals surface area contributed by atoms with Crippen molar-refractivity contribution in [3.8, 4) is 56.4 Å². The molecular weight excluding hydrogens is 679 g/mol. The number of nitrogens with zero attached hydrogens (tertiary/aromatic N) is 4. The first-order valence-electron chi connectivity index (χ1n) is 19.2. The maximum absolute atomic E-state index is 5.24. The molecule has 2 heterocycles. The number of hydrogen-bond acceptors (Lipinski definition) is 2. The third-order valence-corrected chi connectivity index (χ3v) is 10.6. The fourth-order valence-electron chi connectivity index (χ4n) is 8.13. The highest BCUT2D eigenvalue weighted by atomic mass is 15.3. The summed E-state index contributed by atoms with van der Waals surface area (Å²) < 4.78 is 4.12. The lowest BCUT2D eigenvalue weighted by atomic mass is 9.35. The Balaban J connectivity index is 1.18. The van der Waals surface area contributed by atoms with Crippen LogP contribution in [0.3, 0.4) is 0 Å². The molecular formula is C51H41BN4. The number of para-hydroxylation sites is 2. The summed E-state index contributed by atoms with van der Waals surface area (Å²) in [5.74, 6) is 0. The highest BCUT2D eigenvalue weighted by molar-refractivity contribution is 6.96. The zero-order valence-corrected chi connectivity index (χ0v) is 31.8. The van der Waals surface area contributed by atoms with Crippen LogP contribution in [0.25, 0.3) is 56.4 Å². The molecule has 56 heavy (non-hydrogen) atoms. The molecule has 0 aliphatic heterocycles. The quantitative estimate of drug-likeness (QED) is 0.139. The first-order valence-corrected chi connectivity index (χ1v) is 19.2. The van der Waals surface area contributed by atoms with Crippen molar-refractivity contribution in [1.82, 2.24) is 19.6 Å². The van der Waals surface area contributed by atoms with E-state index in [1.165, 1.54) is 33.1 Å². The molecule has 0 aliphatic rings. The summed E-state index contributed by atoms with van der Waals surface area (Å²) >= 11 is 0. The third kappa shape index (κ3) is 6.80. The molecule has 0 aliphatic carbocycles. The molecule has 2 aromatic heterocycles. The second kappa shape index (κ2) is 15.0. The fourth-order valence-corrected chi connectivity index (χ4v) is 8.13. The van der Waals surface area contributed by atoms with Gasteiger partial charge in [0.15, 0.2) is 0 Å². The summed E-state index contributed by atoms with van der Waals surface area (Å²) in [7, 11) is 0. The maximum Gasteiger partial charge on any atom is 0.241 e. The van der Waals surface area contributed by atoms with Gasteiger partial charge in [0, 0.05) is 22.3 Å². The highest BCUT2D eigenvalue weighted by Gasteiger charge is 2.27. The average Bonchev–Trinajstić information content (AvgIpc) is 3.90. The van der Waals surface area contributed by atoms with Crippen molar-refractivity contribution < 1.29 is 0 Å². The predicted octanol–water partition coefficient (Wildman–Crippen LogP) is 10.2. The Labute approximate surface area is 329 Å². The van der Waals surface area contributed by atoms with E-state index in [2.05, 4.69) is 212 Å². The number of hydrogen-bond donors (Lipinski definition) is 0. The Morgan fingerprint density at radius 2 is 0.750 bits per heavy atom. The molecule has 0 radical (unpaired) electrons. The van der Waals surface area contributed by atoms with E-state index in [1.54, 1.807) is 0 Å². The van der Waals surface area contributed by atoms with Gasteiger partial charge in [-0.15, -0.1) is 0 Å². The van der Waals surface area contributed by atoms with Gasteiger partial charge >= 0.3 is 0 Å². The predicted molar refractivity (Wildman–Crippen MR) is 234 cm³/mol. The molecule has 0 unspecified atom stereocenters. The summed E-state index contributed by atoms with van der Waals surface area (Å²) in [4.78, 5) is 0. The van der Waals surface area contributed by atoms with Crippen LogP contribution >= 0.6 is 0 Å². The lowest BCUT2D eigenvalue weighted by Gasteiger charge is -2.22. The van der Waals surface area contributed by atoms with Crippen LogP contribution in [0.15, 0.2) is 194 Å². The largest absolute Gasteiger partial charge is 0.241 e. The minimum atomic E-state index is -0.0231. The topological polar surface area (TPSA) is 35.6 Å². The summed E-state index contributed by atoms with van der Waals surface area (Å²) in [5.41, 5.74) is 18.0. The first-order chi connectivity index (χ1) is 27.5. The average molecular weight is 721 g/mol. The van der Waals surface area contributed by atoms with Crippen LogP contribution in [-0.4, -0.2) is 26.3 Å². The van der Waals surface area contributed by atoms with Gasteiger partial charge in [0.05, 0.1) is 34.2 Å². The van der Waals surface area contributed by atoms with Crippen molar-refractivity contribution in [3.63, 3.8) is 0 Å². The molecule has 7 aromatic carbocycles. The van der Waals surface area contributed by atoms with Crippen molar-refractivity contribution in [1.29, 1.82) is 0 Å². The minimum Gasteiger partial charge on any atom is -0.232 e. The van der Waals surface area contributed by atoms with E-state index >= 15 is 0 Å². The zero-order valence-electron chi connectivity index (χ0n) is 31.8. The van der Waals surface area contributed by atoms with Crippen LogP contribution in [0, 0.1) is 20.8 Å². The minimum absolute atomic E-state index is 0.0231. The monoisotopic (exact) mass is 720 g/mol. The van der Waals surface area contributed by atoms with Gasteiger partial charge in [0.2, 0.25) is 6.71 Å². The fraction of sp³-hybridized carbons (Fsp3) is 0.0588. The normalized spacial score (nSPS) is 11.1. The third-order valence-electron chi connectivity index (χ3n) is 10.6. The SMILES string of the molecule is Cc1cc(C)c(B(c2cccc(-c3cc(-c4ccccc4)n(-c4ccccc4)n3)c2)c2cccc(-c3cc(-c4ccccc4)n(-c4ccccc4)n3)c2)c(C)c1. The molecule has 0 amide bonds. The van der Waals surface area contributed by atoms with E-state index in [4.69, 9.17) is 10.2 Å². The van der Waals surface area contributed by atoms with Gasteiger partial charge in [-0.1, -0.05) is 191 Å².